The van der Waals surface area contributed by atoms with Crippen molar-refractivity contribution in [1.82, 2.24) is 0 Å². The summed E-state index contributed by atoms with van der Waals surface area (Å²) in [6, 6.07) is 7.34. The molecule has 106 valence electrons. The van der Waals surface area contributed by atoms with E-state index in [4.69, 9.17) is 17.3 Å². The number of nitrogens with one attached hydrogen (secondary N) is 1. The number of alkyl halides is 3. The lowest BCUT2D eigenvalue weighted by Gasteiger charge is -2.07. The quantitative estimate of drug-likeness (QED) is 0.887. The zero-order valence-corrected chi connectivity index (χ0v) is 11.4. The number of para-hydroxylation sites is 1. The molecule has 0 saturated heterocycles. The first-order chi connectivity index (χ1) is 9.29. The summed E-state index contributed by atoms with van der Waals surface area (Å²) in [5.41, 5.74) is 5.47. The van der Waals surface area contributed by atoms with Gasteiger partial charge in [0, 0.05) is 0 Å². The van der Waals surface area contributed by atoms with Crippen LogP contribution in [0.15, 0.2) is 30.3 Å². The van der Waals surface area contributed by atoms with E-state index in [2.05, 4.69) is 5.32 Å². The fraction of sp³-hybridized carbons (Fsp3) is 0.0833. The molecule has 0 fully saturated rings. The third-order valence-corrected chi connectivity index (χ3v) is 3.90. The van der Waals surface area contributed by atoms with E-state index in [1.165, 1.54) is 0 Å². The van der Waals surface area contributed by atoms with Crippen LogP contribution in [0.4, 0.5) is 24.5 Å². The molecule has 8 heteroatoms. The van der Waals surface area contributed by atoms with Gasteiger partial charge < -0.3 is 11.1 Å². The average Bonchev–Trinajstić information content (AvgIpc) is 2.76. The second kappa shape index (κ2) is 5.34. The molecule has 1 heterocycles. The third-order valence-electron chi connectivity index (χ3n) is 2.38. The first kappa shape index (κ1) is 14.7. The smallest absolute Gasteiger partial charge is 0.365 e. The van der Waals surface area contributed by atoms with Gasteiger partial charge in [-0.1, -0.05) is 23.7 Å². The zero-order chi connectivity index (χ0) is 14.9. The maximum atomic E-state index is 12.7. The number of halogens is 4. The van der Waals surface area contributed by atoms with E-state index in [-0.39, 0.29) is 10.6 Å². The minimum Gasteiger partial charge on any atom is -0.365 e. The number of benzene rings is 1. The second-order valence-corrected chi connectivity index (χ2v) is 5.28. The molecule has 1 amide bonds. The number of anilines is 2. The molecule has 0 spiro atoms. The van der Waals surface area contributed by atoms with Gasteiger partial charge in [-0.15, -0.1) is 11.3 Å². The summed E-state index contributed by atoms with van der Waals surface area (Å²) in [5.74, 6) is -0.931. The molecule has 1 aromatic carbocycles. The lowest BCUT2D eigenvalue weighted by Crippen LogP contribution is -2.10. The van der Waals surface area contributed by atoms with E-state index in [1.54, 1.807) is 24.3 Å². The Hall–Kier alpha value is -1.73. The SMILES string of the molecule is NC(=O)c1sc(C(F)(F)F)cc1Nc1ccccc1Cl. The van der Waals surface area contributed by atoms with Crippen molar-refractivity contribution >= 4 is 40.2 Å². The highest BCUT2D eigenvalue weighted by molar-refractivity contribution is 7.14. The number of hydrogen-bond acceptors (Lipinski definition) is 3. The Kier molecular flexibility index (Phi) is 3.92. The van der Waals surface area contributed by atoms with E-state index < -0.39 is 17.0 Å². The van der Waals surface area contributed by atoms with Gasteiger partial charge in [-0.05, 0) is 18.2 Å². The van der Waals surface area contributed by atoms with Crippen LogP contribution >= 0.6 is 22.9 Å². The van der Waals surface area contributed by atoms with Crippen LogP contribution in [-0.2, 0) is 6.18 Å². The Labute approximate surface area is 121 Å². The van der Waals surface area contributed by atoms with Gasteiger partial charge in [0.1, 0.15) is 9.75 Å². The lowest BCUT2D eigenvalue weighted by molar-refractivity contribution is -0.134. The highest BCUT2D eigenvalue weighted by Gasteiger charge is 2.34. The molecule has 0 unspecified atom stereocenters. The number of thiophene rings is 1. The summed E-state index contributed by atoms with van der Waals surface area (Å²) in [5, 5.41) is 3.01. The summed E-state index contributed by atoms with van der Waals surface area (Å²) in [6.07, 6.45) is -4.53. The van der Waals surface area contributed by atoms with E-state index in [0.29, 0.717) is 22.0 Å². The molecular formula is C12H8ClF3N2OS. The van der Waals surface area contributed by atoms with Gasteiger partial charge in [0.15, 0.2) is 0 Å². The molecule has 1 aromatic heterocycles. The highest BCUT2D eigenvalue weighted by Crippen LogP contribution is 2.40. The fourth-order valence-electron chi connectivity index (χ4n) is 1.51. The van der Waals surface area contributed by atoms with Crippen LogP contribution in [0.25, 0.3) is 0 Å². The molecule has 3 N–H and O–H groups in total. The summed E-state index contributed by atoms with van der Waals surface area (Å²) in [7, 11) is 0. The Morgan fingerprint density at radius 3 is 2.45 bits per heavy atom. The van der Waals surface area contributed by atoms with Crippen LogP contribution in [0.3, 0.4) is 0 Å². The highest BCUT2D eigenvalue weighted by atomic mass is 35.5. The number of rotatable bonds is 3. The van der Waals surface area contributed by atoms with Crippen molar-refractivity contribution in [2.24, 2.45) is 5.73 Å². The molecule has 3 nitrogen and oxygen atoms in total. The van der Waals surface area contributed by atoms with Gasteiger partial charge in [-0.2, -0.15) is 13.2 Å². The molecule has 0 bridgehead atoms. The number of primary amides is 1. The molecule has 0 atom stereocenters. The number of hydrogen-bond donors (Lipinski definition) is 2. The summed E-state index contributed by atoms with van der Waals surface area (Å²) in [4.78, 5) is 10.1. The normalized spacial score (nSPS) is 11.4. The van der Waals surface area contributed by atoms with Crippen molar-refractivity contribution < 1.29 is 18.0 Å². The van der Waals surface area contributed by atoms with Gasteiger partial charge in [-0.3, -0.25) is 4.79 Å². The summed E-state index contributed by atoms with van der Waals surface area (Å²) >= 11 is 6.20. The van der Waals surface area contributed by atoms with Crippen molar-refractivity contribution in [3.8, 4) is 0 Å². The van der Waals surface area contributed by atoms with Crippen LogP contribution in [0.5, 0.6) is 0 Å². The van der Waals surface area contributed by atoms with E-state index in [9.17, 15) is 18.0 Å². The van der Waals surface area contributed by atoms with Crippen LogP contribution in [0, 0.1) is 0 Å². The second-order valence-electron chi connectivity index (χ2n) is 3.82. The topological polar surface area (TPSA) is 55.1 Å². The number of carbonyl (C=O) groups is 1. The molecule has 20 heavy (non-hydrogen) atoms. The van der Waals surface area contributed by atoms with E-state index >= 15 is 0 Å². The maximum absolute atomic E-state index is 12.7. The van der Waals surface area contributed by atoms with Crippen molar-refractivity contribution in [3.05, 3.63) is 45.1 Å². The fourth-order valence-corrected chi connectivity index (χ4v) is 2.53. The largest absolute Gasteiger partial charge is 0.425 e. The molecule has 0 aliphatic rings. The Morgan fingerprint density at radius 2 is 1.90 bits per heavy atom. The molecular weight excluding hydrogens is 313 g/mol. The predicted molar refractivity (Wildman–Crippen MR) is 72.6 cm³/mol. The molecule has 0 aliphatic carbocycles. The van der Waals surface area contributed by atoms with E-state index in [0.717, 1.165) is 6.07 Å². The summed E-state index contributed by atoms with van der Waals surface area (Å²) in [6.45, 7) is 0. The van der Waals surface area contributed by atoms with Crippen LogP contribution < -0.4 is 11.1 Å². The zero-order valence-electron chi connectivity index (χ0n) is 9.79. The molecule has 0 aliphatic heterocycles. The number of amides is 1. The van der Waals surface area contributed by atoms with Gasteiger partial charge in [0.2, 0.25) is 0 Å². The number of carbonyl (C=O) groups excluding carboxylic acids is 1. The molecule has 0 saturated carbocycles. The van der Waals surface area contributed by atoms with Crippen molar-refractivity contribution in [1.29, 1.82) is 0 Å². The Morgan fingerprint density at radius 1 is 1.25 bits per heavy atom. The predicted octanol–water partition coefficient (Wildman–Crippen LogP) is 4.26. The van der Waals surface area contributed by atoms with Crippen molar-refractivity contribution in [2.75, 3.05) is 5.32 Å². The Bertz CT molecular complexity index is 654. The van der Waals surface area contributed by atoms with Gasteiger partial charge in [0.25, 0.3) is 5.91 Å². The lowest BCUT2D eigenvalue weighted by atomic mass is 10.3. The van der Waals surface area contributed by atoms with Gasteiger partial charge >= 0.3 is 6.18 Å². The monoisotopic (exact) mass is 320 g/mol. The van der Waals surface area contributed by atoms with Gasteiger partial charge in [-0.25, -0.2) is 0 Å². The van der Waals surface area contributed by atoms with Crippen LogP contribution in [0.1, 0.15) is 14.5 Å². The minimum atomic E-state index is -4.53. The van der Waals surface area contributed by atoms with E-state index in [1.807, 2.05) is 0 Å². The molecule has 2 rings (SSSR count). The van der Waals surface area contributed by atoms with Crippen molar-refractivity contribution in [3.63, 3.8) is 0 Å². The van der Waals surface area contributed by atoms with Crippen molar-refractivity contribution in [2.45, 2.75) is 6.18 Å². The van der Waals surface area contributed by atoms with Crippen LogP contribution in [0.2, 0.25) is 5.02 Å². The Balaban J connectivity index is 2.43. The molecule has 0 radical (unpaired) electrons. The van der Waals surface area contributed by atoms with Crippen LogP contribution in [-0.4, -0.2) is 5.91 Å². The average molecular weight is 321 g/mol. The first-order valence-electron chi connectivity index (χ1n) is 5.31. The number of nitrogens with two attached hydrogens (primary N) is 1. The molecule has 2 aromatic rings. The van der Waals surface area contributed by atoms with Gasteiger partial charge in [0.05, 0.1) is 16.4 Å². The standard InChI is InChI=1S/C12H8ClF3N2OS/c13-6-3-1-2-4-7(6)18-8-5-9(12(14,15)16)20-10(8)11(17)19/h1-5,18H,(H2,17,19). The summed E-state index contributed by atoms with van der Waals surface area (Å²) < 4.78 is 38.0. The first-order valence-corrected chi connectivity index (χ1v) is 6.51. The minimum absolute atomic E-state index is 0.0112. The third kappa shape index (κ3) is 3.05. The maximum Gasteiger partial charge on any atom is 0.425 e.